The molecule has 0 unspecified atom stereocenters. The van der Waals surface area contributed by atoms with Gasteiger partial charge in [0.1, 0.15) is 5.75 Å². The van der Waals surface area contributed by atoms with Crippen LogP contribution in [0.5, 0.6) is 5.75 Å². The predicted molar refractivity (Wildman–Crippen MR) is 90.7 cm³/mol. The second-order valence-electron chi connectivity index (χ2n) is 5.19. The van der Waals surface area contributed by atoms with Crippen LogP contribution in [0.25, 0.3) is 11.0 Å². The summed E-state index contributed by atoms with van der Waals surface area (Å²) in [6.45, 7) is 2.56. The molecule has 0 radical (unpaired) electrons. The number of hydrogen-bond donors (Lipinski definition) is 2. The van der Waals surface area contributed by atoms with Crippen LogP contribution < -0.4 is 10.1 Å². The van der Waals surface area contributed by atoms with Gasteiger partial charge in [-0.3, -0.25) is 10.1 Å². The van der Waals surface area contributed by atoms with E-state index in [-0.39, 0.29) is 5.91 Å². The lowest BCUT2D eigenvalue weighted by Gasteiger charge is -2.09. The average Bonchev–Trinajstić information content (AvgIpc) is 2.96. The molecular weight excluding hydrogens is 290 g/mol. The van der Waals surface area contributed by atoms with Crippen molar-refractivity contribution in [2.75, 3.05) is 11.9 Å². The van der Waals surface area contributed by atoms with Crippen molar-refractivity contribution in [1.82, 2.24) is 9.97 Å². The van der Waals surface area contributed by atoms with Crippen molar-refractivity contribution in [3.05, 3.63) is 54.1 Å². The smallest absolute Gasteiger partial charge is 0.227 e. The Morgan fingerprint density at radius 2 is 1.96 bits per heavy atom. The quantitative estimate of drug-likeness (QED) is 0.732. The number of para-hydroxylation sites is 3. The van der Waals surface area contributed by atoms with Crippen molar-refractivity contribution in [2.24, 2.45) is 0 Å². The predicted octanol–water partition coefficient (Wildman–Crippen LogP) is 3.53. The SMILES string of the molecule is CCOc1ccccc1CCC(=O)Nc1nc2ccccc2[nH]1. The number of aryl methyl sites for hydroxylation is 1. The fraction of sp³-hybridized carbons (Fsp3) is 0.222. The summed E-state index contributed by atoms with van der Waals surface area (Å²) in [7, 11) is 0. The molecule has 0 saturated carbocycles. The topological polar surface area (TPSA) is 67.0 Å². The molecule has 0 aliphatic carbocycles. The summed E-state index contributed by atoms with van der Waals surface area (Å²) in [4.78, 5) is 19.6. The Balaban J connectivity index is 1.61. The van der Waals surface area contributed by atoms with Crippen molar-refractivity contribution in [1.29, 1.82) is 0 Å². The lowest BCUT2D eigenvalue weighted by Crippen LogP contribution is -2.13. The Morgan fingerprint density at radius 3 is 2.78 bits per heavy atom. The van der Waals surface area contributed by atoms with E-state index in [1.807, 2.05) is 55.5 Å². The number of benzene rings is 2. The summed E-state index contributed by atoms with van der Waals surface area (Å²) in [5.74, 6) is 1.25. The molecule has 0 fully saturated rings. The van der Waals surface area contributed by atoms with Gasteiger partial charge in [0.05, 0.1) is 17.6 Å². The minimum absolute atomic E-state index is 0.0737. The van der Waals surface area contributed by atoms with E-state index in [1.54, 1.807) is 0 Å². The largest absolute Gasteiger partial charge is 0.494 e. The van der Waals surface area contributed by atoms with Crippen molar-refractivity contribution in [2.45, 2.75) is 19.8 Å². The third-order valence-corrected chi connectivity index (χ3v) is 3.54. The highest BCUT2D eigenvalue weighted by atomic mass is 16.5. The van der Waals surface area contributed by atoms with Gasteiger partial charge in [-0.1, -0.05) is 30.3 Å². The lowest BCUT2D eigenvalue weighted by atomic mass is 10.1. The summed E-state index contributed by atoms with van der Waals surface area (Å²) in [6.07, 6.45) is 1.00. The van der Waals surface area contributed by atoms with Crippen LogP contribution in [0, 0.1) is 0 Å². The second kappa shape index (κ2) is 6.96. The Bertz CT molecular complexity index is 778. The molecule has 118 valence electrons. The molecule has 0 bridgehead atoms. The number of carbonyl (C=O) groups is 1. The zero-order chi connectivity index (χ0) is 16.1. The first kappa shape index (κ1) is 15.1. The number of amides is 1. The second-order valence-corrected chi connectivity index (χ2v) is 5.19. The van der Waals surface area contributed by atoms with E-state index in [0.717, 1.165) is 22.3 Å². The summed E-state index contributed by atoms with van der Waals surface area (Å²) in [6, 6.07) is 15.5. The summed E-state index contributed by atoms with van der Waals surface area (Å²) >= 11 is 0. The van der Waals surface area contributed by atoms with Crippen LogP contribution >= 0.6 is 0 Å². The first-order valence-corrected chi connectivity index (χ1v) is 7.71. The Labute approximate surface area is 134 Å². The van der Waals surface area contributed by atoms with Crippen molar-refractivity contribution >= 4 is 22.9 Å². The summed E-state index contributed by atoms with van der Waals surface area (Å²) < 4.78 is 5.58. The van der Waals surface area contributed by atoms with E-state index in [4.69, 9.17) is 4.74 Å². The number of imidazole rings is 1. The summed E-state index contributed by atoms with van der Waals surface area (Å²) in [5, 5.41) is 2.81. The van der Waals surface area contributed by atoms with Gasteiger partial charge in [-0.2, -0.15) is 0 Å². The molecule has 0 aliphatic heterocycles. The van der Waals surface area contributed by atoms with E-state index in [9.17, 15) is 4.79 Å². The molecule has 23 heavy (non-hydrogen) atoms. The van der Waals surface area contributed by atoms with Crippen molar-refractivity contribution < 1.29 is 9.53 Å². The minimum atomic E-state index is -0.0737. The minimum Gasteiger partial charge on any atom is -0.494 e. The molecule has 2 N–H and O–H groups in total. The molecule has 3 aromatic rings. The number of nitrogens with zero attached hydrogens (tertiary/aromatic N) is 1. The molecule has 0 atom stereocenters. The van der Waals surface area contributed by atoms with Gasteiger partial charge < -0.3 is 9.72 Å². The number of aromatic nitrogens is 2. The maximum atomic E-state index is 12.1. The standard InChI is InChI=1S/C18H19N3O2/c1-2-23-16-10-6-3-7-13(16)11-12-17(22)21-18-19-14-8-4-5-9-15(14)20-18/h3-10H,2,11-12H2,1H3,(H2,19,20,21,22). The third kappa shape index (κ3) is 3.69. The number of fused-ring (bicyclic) bond motifs is 1. The van der Waals surface area contributed by atoms with Gasteiger partial charge in [-0.25, -0.2) is 4.98 Å². The number of H-pyrrole nitrogens is 1. The van der Waals surface area contributed by atoms with E-state index < -0.39 is 0 Å². The van der Waals surface area contributed by atoms with E-state index in [1.165, 1.54) is 0 Å². The normalized spacial score (nSPS) is 10.7. The highest BCUT2D eigenvalue weighted by Gasteiger charge is 2.09. The van der Waals surface area contributed by atoms with E-state index in [0.29, 0.717) is 25.4 Å². The Kier molecular flexibility index (Phi) is 4.57. The fourth-order valence-corrected chi connectivity index (χ4v) is 2.46. The van der Waals surface area contributed by atoms with Crippen LogP contribution in [0.4, 0.5) is 5.95 Å². The van der Waals surface area contributed by atoms with Crippen LogP contribution in [-0.2, 0) is 11.2 Å². The van der Waals surface area contributed by atoms with Gasteiger partial charge in [-0.15, -0.1) is 0 Å². The van der Waals surface area contributed by atoms with Gasteiger partial charge in [0.25, 0.3) is 0 Å². The fourth-order valence-electron chi connectivity index (χ4n) is 2.46. The third-order valence-electron chi connectivity index (χ3n) is 3.54. The zero-order valence-electron chi connectivity index (χ0n) is 13.0. The molecular formula is C18H19N3O2. The van der Waals surface area contributed by atoms with Gasteiger partial charge in [0.2, 0.25) is 11.9 Å². The highest BCUT2D eigenvalue weighted by molar-refractivity contribution is 5.91. The van der Waals surface area contributed by atoms with Gasteiger partial charge in [0, 0.05) is 6.42 Å². The summed E-state index contributed by atoms with van der Waals surface area (Å²) in [5.41, 5.74) is 2.78. The van der Waals surface area contributed by atoms with Crippen LogP contribution in [0.15, 0.2) is 48.5 Å². The highest BCUT2D eigenvalue weighted by Crippen LogP contribution is 2.20. The maximum Gasteiger partial charge on any atom is 0.227 e. The van der Waals surface area contributed by atoms with Crippen molar-refractivity contribution in [3.63, 3.8) is 0 Å². The molecule has 1 heterocycles. The van der Waals surface area contributed by atoms with Gasteiger partial charge >= 0.3 is 0 Å². The Morgan fingerprint density at radius 1 is 1.17 bits per heavy atom. The molecule has 3 rings (SSSR count). The number of ether oxygens (including phenoxy) is 1. The molecule has 0 spiro atoms. The number of nitrogens with one attached hydrogen (secondary N) is 2. The van der Waals surface area contributed by atoms with Crippen molar-refractivity contribution in [3.8, 4) is 5.75 Å². The molecule has 1 aromatic heterocycles. The molecule has 5 nitrogen and oxygen atoms in total. The first-order valence-electron chi connectivity index (χ1n) is 7.71. The van der Waals surface area contributed by atoms with Gasteiger partial charge in [0.15, 0.2) is 0 Å². The lowest BCUT2D eigenvalue weighted by molar-refractivity contribution is -0.116. The first-order chi connectivity index (χ1) is 11.3. The van der Waals surface area contributed by atoms with Crippen LogP contribution in [0.1, 0.15) is 18.9 Å². The zero-order valence-corrected chi connectivity index (χ0v) is 13.0. The molecule has 0 saturated heterocycles. The van der Waals surface area contributed by atoms with Gasteiger partial charge in [-0.05, 0) is 37.1 Å². The van der Waals surface area contributed by atoms with Crippen LogP contribution in [0.3, 0.4) is 0 Å². The maximum absolute atomic E-state index is 12.1. The molecule has 1 amide bonds. The number of aromatic amines is 1. The number of carbonyl (C=O) groups excluding carboxylic acids is 1. The monoisotopic (exact) mass is 309 g/mol. The molecule has 0 aliphatic rings. The average molecular weight is 309 g/mol. The Hall–Kier alpha value is -2.82. The molecule has 5 heteroatoms. The van der Waals surface area contributed by atoms with Crippen LogP contribution in [-0.4, -0.2) is 22.5 Å². The van der Waals surface area contributed by atoms with E-state index in [2.05, 4.69) is 15.3 Å². The van der Waals surface area contributed by atoms with E-state index >= 15 is 0 Å². The number of anilines is 1. The number of rotatable bonds is 6. The number of hydrogen-bond acceptors (Lipinski definition) is 3. The molecule has 2 aromatic carbocycles. The van der Waals surface area contributed by atoms with Crippen LogP contribution in [0.2, 0.25) is 0 Å².